The first kappa shape index (κ1) is 15.6. The van der Waals surface area contributed by atoms with Gasteiger partial charge in [0.25, 0.3) is 0 Å². The van der Waals surface area contributed by atoms with Gasteiger partial charge in [0.1, 0.15) is 4.90 Å². The Balaban J connectivity index is 2.15. The van der Waals surface area contributed by atoms with Crippen LogP contribution in [0.4, 0.5) is 5.69 Å². The van der Waals surface area contributed by atoms with E-state index in [2.05, 4.69) is 15.0 Å². The summed E-state index contributed by atoms with van der Waals surface area (Å²) in [6, 6.07) is 1.75. The Morgan fingerprint density at radius 1 is 1.40 bits per heavy atom. The Bertz CT molecular complexity index is 528. The van der Waals surface area contributed by atoms with Crippen LogP contribution in [0.5, 0.6) is 0 Å². The Hall–Kier alpha value is -0.790. The summed E-state index contributed by atoms with van der Waals surface area (Å²) < 4.78 is 27.8. The summed E-state index contributed by atoms with van der Waals surface area (Å²) in [6.07, 6.45) is 5.74. The second kappa shape index (κ2) is 7.28. The summed E-state index contributed by atoms with van der Waals surface area (Å²) >= 11 is 1.88. The molecular weight excluding hydrogens is 294 g/mol. The molecule has 1 aromatic rings. The van der Waals surface area contributed by atoms with Gasteiger partial charge in [0.2, 0.25) is 10.0 Å². The van der Waals surface area contributed by atoms with E-state index in [1.54, 1.807) is 12.3 Å². The van der Waals surface area contributed by atoms with Crippen LogP contribution in [-0.2, 0) is 10.0 Å². The van der Waals surface area contributed by atoms with E-state index in [0.29, 0.717) is 5.69 Å². The fourth-order valence-corrected chi connectivity index (χ4v) is 4.64. The molecule has 1 aliphatic heterocycles. The second-order valence-electron chi connectivity index (χ2n) is 4.81. The van der Waals surface area contributed by atoms with Gasteiger partial charge in [0, 0.05) is 25.0 Å². The molecule has 1 fully saturated rings. The van der Waals surface area contributed by atoms with Gasteiger partial charge in [-0.25, -0.2) is 13.1 Å². The molecular formula is C13H21N3O2S2. The molecule has 0 radical (unpaired) electrons. The number of nitrogens with one attached hydrogen (secondary N) is 2. The zero-order chi connectivity index (χ0) is 14.4. The van der Waals surface area contributed by atoms with Gasteiger partial charge in [-0.3, -0.25) is 4.98 Å². The van der Waals surface area contributed by atoms with Gasteiger partial charge in [-0.05, 0) is 36.8 Å². The summed E-state index contributed by atoms with van der Waals surface area (Å²) in [6.45, 7) is 2.78. The highest BCUT2D eigenvalue weighted by atomic mass is 32.2. The zero-order valence-electron chi connectivity index (χ0n) is 11.6. The fourth-order valence-electron chi connectivity index (χ4n) is 2.10. The van der Waals surface area contributed by atoms with Crippen LogP contribution in [0.15, 0.2) is 23.4 Å². The van der Waals surface area contributed by atoms with Crippen LogP contribution in [0.1, 0.15) is 26.2 Å². The maximum Gasteiger partial charge on any atom is 0.244 e. The molecule has 0 spiro atoms. The second-order valence-corrected chi connectivity index (χ2v) is 7.71. The van der Waals surface area contributed by atoms with Crippen LogP contribution in [0.3, 0.4) is 0 Å². The van der Waals surface area contributed by atoms with Crippen molar-refractivity contribution in [3.8, 4) is 0 Å². The number of sulfonamides is 1. The largest absolute Gasteiger partial charge is 0.384 e. The van der Waals surface area contributed by atoms with Crippen LogP contribution in [0, 0.1) is 0 Å². The van der Waals surface area contributed by atoms with E-state index < -0.39 is 10.0 Å². The van der Waals surface area contributed by atoms with Crippen molar-refractivity contribution in [2.45, 2.75) is 37.1 Å². The van der Waals surface area contributed by atoms with Crippen molar-refractivity contribution in [2.75, 3.05) is 23.4 Å². The van der Waals surface area contributed by atoms with E-state index in [-0.39, 0.29) is 10.9 Å². The first-order chi connectivity index (χ1) is 9.63. The molecule has 1 aromatic heterocycles. The van der Waals surface area contributed by atoms with Crippen LogP contribution in [0.25, 0.3) is 0 Å². The van der Waals surface area contributed by atoms with Gasteiger partial charge >= 0.3 is 0 Å². The van der Waals surface area contributed by atoms with Gasteiger partial charge in [0.05, 0.1) is 5.69 Å². The number of hydrogen-bond donors (Lipinski definition) is 2. The van der Waals surface area contributed by atoms with Gasteiger partial charge in [-0.1, -0.05) is 6.92 Å². The summed E-state index contributed by atoms with van der Waals surface area (Å²) in [5.74, 6) is 2.03. The van der Waals surface area contributed by atoms with E-state index >= 15 is 0 Å². The number of hydrogen-bond acceptors (Lipinski definition) is 5. The van der Waals surface area contributed by atoms with E-state index in [1.807, 2.05) is 18.7 Å². The third-order valence-corrected chi connectivity index (χ3v) is 5.78. The molecule has 0 aromatic carbocycles. The summed E-state index contributed by atoms with van der Waals surface area (Å²) in [5, 5.41) is 3.14. The van der Waals surface area contributed by atoms with Gasteiger partial charge in [-0.2, -0.15) is 11.8 Å². The molecule has 2 heterocycles. The van der Waals surface area contributed by atoms with Crippen molar-refractivity contribution < 1.29 is 8.42 Å². The SMILES string of the molecule is CCCNc1ccncc1S(=O)(=O)NC1CCSCC1. The van der Waals surface area contributed by atoms with E-state index in [9.17, 15) is 8.42 Å². The molecule has 20 heavy (non-hydrogen) atoms. The molecule has 0 unspecified atom stereocenters. The molecule has 2 rings (SSSR count). The molecule has 0 amide bonds. The molecule has 1 saturated heterocycles. The highest BCUT2D eigenvalue weighted by Crippen LogP contribution is 2.23. The average Bonchev–Trinajstić information content (AvgIpc) is 2.46. The van der Waals surface area contributed by atoms with Crippen molar-refractivity contribution >= 4 is 27.5 Å². The molecule has 0 saturated carbocycles. The van der Waals surface area contributed by atoms with Crippen molar-refractivity contribution in [1.29, 1.82) is 0 Å². The van der Waals surface area contributed by atoms with Crippen molar-refractivity contribution in [3.63, 3.8) is 0 Å². The van der Waals surface area contributed by atoms with Crippen LogP contribution >= 0.6 is 11.8 Å². The normalized spacial score (nSPS) is 17.1. The molecule has 7 heteroatoms. The van der Waals surface area contributed by atoms with Crippen LogP contribution in [0.2, 0.25) is 0 Å². The molecule has 5 nitrogen and oxygen atoms in total. The molecule has 0 bridgehead atoms. The number of pyridine rings is 1. The minimum absolute atomic E-state index is 0.0421. The molecule has 1 aliphatic rings. The lowest BCUT2D eigenvalue weighted by Crippen LogP contribution is -2.37. The van der Waals surface area contributed by atoms with Gasteiger partial charge in [0.15, 0.2) is 0 Å². The zero-order valence-corrected chi connectivity index (χ0v) is 13.3. The summed E-state index contributed by atoms with van der Waals surface area (Å²) in [7, 11) is -3.51. The quantitative estimate of drug-likeness (QED) is 0.841. The van der Waals surface area contributed by atoms with Crippen LogP contribution in [-0.4, -0.2) is 37.5 Å². The Kier molecular flexibility index (Phi) is 5.68. The van der Waals surface area contributed by atoms with Crippen molar-refractivity contribution in [3.05, 3.63) is 18.5 Å². The van der Waals surface area contributed by atoms with Gasteiger partial charge < -0.3 is 5.32 Å². The predicted molar refractivity (Wildman–Crippen MR) is 83.7 cm³/mol. The Labute approximate surface area is 125 Å². The average molecular weight is 315 g/mol. The first-order valence-corrected chi connectivity index (χ1v) is 9.55. The molecule has 112 valence electrons. The number of anilines is 1. The van der Waals surface area contributed by atoms with E-state index in [0.717, 1.165) is 37.3 Å². The minimum atomic E-state index is -3.51. The number of nitrogens with zero attached hydrogens (tertiary/aromatic N) is 1. The Morgan fingerprint density at radius 2 is 2.15 bits per heavy atom. The maximum absolute atomic E-state index is 12.5. The molecule has 0 aliphatic carbocycles. The lowest BCUT2D eigenvalue weighted by molar-refractivity contribution is 0.529. The topological polar surface area (TPSA) is 71.1 Å². The summed E-state index contributed by atoms with van der Waals surface area (Å²) in [5.41, 5.74) is 0.625. The summed E-state index contributed by atoms with van der Waals surface area (Å²) in [4.78, 5) is 4.19. The maximum atomic E-state index is 12.5. The first-order valence-electron chi connectivity index (χ1n) is 6.91. The minimum Gasteiger partial charge on any atom is -0.384 e. The predicted octanol–water partition coefficient (Wildman–Crippen LogP) is 2.08. The molecule has 2 N–H and O–H groups in total. The Morgan fingerprint density at radius 3 is 2.85 bits per heavy atom. The lowest BCUT2D eigenvalue weighted by atomic mass is 10.2. The highest BCUT2D eigenvalue weighted by molar-refractivity contribution is 7.99. The van der Waals surface area contributed by atoms with Crippen molar-refractivity contribution in [2.24, 2.45) is 0 Å². The monoisotopic (exact) mass is 315 g/mol. The van der Waals surface area contributed by atoms with E-state index in [1.165, 1.54) is 6.20 Å². The van der Waals surface area contributed by atoms with Gasteiger partial charge in [-0.15, -0.1) is 0 Å². The number of thioether (sulfide) groups is 1. The highest BCUT2D eigenvalue weighted by Gasteiger charge is 2.24. The third-order valence-electron chi connectivity index (χ3n) is 3.18. The molecule has 0 atom stereocenters. The van der Waals surface area contributed by atoms with Crippen molar-refractivity contribution in [1.82, 2.24) is 9.71 Å². The number of rotatable bonds is 6. The standard InChI is InChI=1S/C13H21N3O2S2/c1-2-6-15-12-3-7-14-10-13(12)20(17,18)16-11-4-8-19-9-5-11/h3,7,10-11,16H,2,4-6,8-9H2,1H3,(H,14,15). The fraction of sp³-hybridized carbons (Fsp3) is 0.615. The third kappa shape index (κ3) is 4.10. The smallest absolute Gasteiger partial charge is 0.244 e. The lowest BCUT2D eigenvalue weighted by Gasteiger charge is -2.23. The number of aromatic nitrogens is 1. The van der Waals surface area contributed by atoms with Crippen LogP contribution < -0.4 is 10.0 Å². The van der Waals surface area contributed by atoms with E-state index in [4.69, 9.17) is 0 Å².